The molecule has 0 saturated carbocycles. The minimum Gasteiger partial charge on any atom is -0.345 e. The van der Waals surface area contributed by atoms with Gasteiger partial charge in [0.25, 0.3) is 0 Å². The Morgan fingerprint density at radius 3 is 2.38 bits per heavy atom. The average molecular weight is 187 g/mol. The van der Waals surface area contributed by atoms with Crippen molar-refractivity contribution in [3.63, 3.8) is 0 Å². The van der Waals surface area contributed by atoms with Crippen LogP contribution in [0.5, 0.6) is 0 Å². The first-order valence-electron chi connectivity index (χ1n) is 4.61. The van der Waals surface area contributed by atoms with E-state index in [4.69, 9.17) is 0 Å². The van der Waals surface area contributed by atoms with E-state index >= 15 is 0 Å². The predicted octanol–water partition coefficient (Wildman–Crippen LogP) is -0.384. The van der Waals surface area contributed by atoms with Crippen molar-refractivity contribution >= 4 is 5.91 Å². The van der Waals surface area contributed by atoms with Gasteiger partial charge in [0, 0.05) is 13.6 Å². The molecule has 4 nitrogen and oxygen atoms in total. The average Bonchev–Trinajstić information content (AvgIpc) is 2.03. The molecule has 0 rings (SSSR count). The third-order valence-corrected chi connectivity index (χ3v) is 1.80. The molecule has 0 saturated heterocycles. The van der Waals surface area contributed by atoms with Crippen molar-refractivity contribution in [2.75, 3.05) is 47.8 Å². The van der Waals surface area contributed by atoms with Crippen LogP contribution in [0.25, 0.3) is 0 Å². The minimum absolute atomic E-state index is 0.182. The Bertz CT molecular complexity index is 148. The molecule has 0 atom stereocenters. The molecular formula is C9H21N3O. The maximum Gasteiger partial charge on any atom is 0.236 e. The zero-order valence-electron chi connectivity index (χ0n) is 9.13. The summed E-state index contributed by atoms with van der Waals surface area (Å²) in [6, 6.07) is 0. The summed E-state index contributed by atoms with van der Waals surface area (Å²) in [4.78, 5) is 15.1. The van der Waals surface area contributed by atoms with E-state index in [1.54, 1.807) is 4.90 Å². The molecule has 1 amide bonds. The van der Waals surface area contributed by atoms with E-state index in [1.165, 1.54) is 0 Å². The van der Waals surface area contributed by atoms with Crippen molar-refractivity contribution in [3.8, 4) is 0 Å². The SMILES string of the molecule is CNCCCN(C)C(=O)CN(C)C. The Balaban J connectivity index is 3.57. The fourth-order valence-electron chi connectivity index (χ4n) is 1.01. The number of likely N-dealkylation sites (N-methyl/N-ethyl adjacent to an activating group) is 2. The molecule has 0 aliphatic rings. The maximum absolute atomic E-state index is 11.4. The lowest BCUT2D eigenvalue weighted by atomic mass is 10.4. The third kappa shape index (κ3) is 6.54. The topological polar surface area (TPSA) is 35.6 Å². The highest BCUT2D eigenvalue weighted by atomic mass is 16.2. The largest absolute Gasteiger partial charge is 0.345 e. The van der Waals surface area contributed by atoms with Crippen LogP contribution >= 0.6 is 0 Å². The zero-order valence-corrected chi connectivity index (χ0v) is 9.13. The molecular weight excluding hydrogens is 166 g/mol. The van der Waals surface area contributed by atoms with Gasteiger partial charge >= 0.3 is 0 Å². The summed E-state index contributed by atoms with van der Waals surface area (Å²) in [5.41, 5.74) is 0. The quantitative estimate of drug-likeness (QED) is 0.576. The van der Waals surface area contributed by atoms with Gasteiger partial charge in [-0.3, -0.25) is 4.79 Å². The van der Waals surface area contributed by atoms with Crippen LogP contribution in [0.2, 0.25) is 0 Å². The lowest BCUT2D eigenvalue weighted by Gasteiger charge is -2.19. The summed E-state index contributed by atoms with van der Waals surface area (Å²) in [6.07, 6.45) is 1.01. The molecule has 0 heterocycles. The lowest BCUT2D eigenvalue weighted by Crippen LogP contribution is -2.36. The van der Waals surface area contributed by atoms with Crippen LogP contribution in [0.4, 0.5) is 0 Å². The zero-order chi connectivity index (χ0) is 10.3. The molecule has 78 valence electrons. The van der Waals surface area contributed by atoms with Gasteiger partial charge in [-0.2, -0.15) is 0 Å². The normalized spacial score (nSPS) is 10.5. The summed E-state index contributed by atoms with van der Waals surface area (Å²) in [6.45, 7) is 2.28. The molecule has 0 fully saturated rings. The Labute approximate surface area is 80.9 Å². The van der Waals surface area contributed by atoms with Crippen molar-refractivity contribution in [2.24, 2.45) is 0 Å². The second kappa shape index (κ2) is 6.86. The first-order valence-corrected chi connectivity index (χ1v) is 4.61. The fraction of sp³-hybridized carbons (Fsp3) is 0.889. The van der Waals surface area contributed by atoms with E-state index in [2.05, 4.69) is 5.32 Å². The number of hydrogen-bond donors (Lipinski definition) is 1. The van der Waals surface area contributed by atoms with Gasteiger partial charge in [-0.05, 0) is 34.1 Å². The van der Waals surface area contributed by atoms with Crippen LogP contribution in [0.1, 0.15) is 6.42 Å². The van der Waals surface area contributed by atoms with Gasteiger partial charge < -0.3 is 15.1 Å². The molecule has 0 spiro atoms. The minimum atomic E-state index is 0.182. The van der Waals surface area contributed by atoms with E-state index in [1.807, 2.05) is 33.1 Å². The molecule has 0 unspecified atom stereocenters. The molecule has 0 bridgehead atoms. The van der Waals surface area contributed by atoms with E-state index in [0.29, 0.717) is 6.54 Å². The third-order valence-electron chi connectivity index (χ3n) is 1.80. The second-order valence-corrected chi connectivity index (χ2v) is 3.51. The summed E-state index contributed by atoms with van der Waals surface area (Å²) in [5, 5.41) is 3.05. The van der Waals surface area contributed by atoms with Crippen molar-refractivity contribution in [1.29, 1.82) is 0 Å². The maximum atomic E-state index is 11.4. The van der Waals surface area contributed by atoms with E-state index < -0.39 is 0 Å². The summed E-state index contributed by atoms with van der Waals surface area (Å²) in [7, 11) is 7.57. The van der Waals surface area contributed by atoms with Crippen molar-refractivity contribution in [1.82, 2.24) is 15.1 Å². The summed E-state index contributed by atoms with van der Waals surface area (Å²) >= 11 is 0. The monoisotopic (exact) mass is 187 g/mol. The Morgan fingerprint density at radius 1 is 1.31 bits per heavy atom. The number of nitrogens with one attached hydrogen (secondary N) is 1. The predicted molar refractivity (Wildman–Crippen MR) is 54.7 cm³/mol. The molecule has 0 aromatic heterocycles. The summed E-state index contributed by atoms with van der Waals surface area (Å²) in [5.74, 6) is 0.182. The van der Waals surface area contributed by atoms with E-state index in [-0.39, 0.29) is 5.91 Å². The molecule has 0 aliphatic heterocycles. The number of nitrogens with zero attached hydrogens (tertiary/aromatic N) is 2. The van der Waals surface area contributed by atoms with Gasteiger partial charge in [0.2, 0.25) is 5.91 Å². The van der Waals surface area contributed by atoms with Crippen LogP contribution in [0.15, 0.2) is 0 Å². The van der Waals surface area contributed by atoms with Gasteiger partial charge in [-0.25, -0.2) is 0 Å². The number of rotatable bonds is 6. The summed E-state index contributed by atoms with van der Waals surface area (Å²) < 4.78 is 0. The van der Waals surface area contributed by atoms with Crippen LogP contribution in [0, 0.1) is 0 Å². The smallest absolute Gasteiger partial charge is 0.236 e. The van der Waals surface area contributed by atoms with Gasteiger partial charge in [0.15, 0.2) is 0 Å². The van der Waals surface area contributed by atoms with Gasteiger partial charge in [0.1, 0.15) is 0 Å². The number of hydrogen-bond acceptors (Lipinski definition) is 3. The molecule has 0 aromatic carbocycles. The molecule has 0 aromatic rings. The Kier molecular flexibility index (Phi) is 6.54. The van der Waals surface area contributed by atoms with Gasteiger partial charge in [0.05, 0.1) is 6.54 Å². The van der Waals surface area contributed by atoms with Crippen LogP contribution < -0.4 is 5.32 Å². The number of amides is 1. The van der Waals surface area contributed by atoms with Crippen molar-refractivity contribution in [2.45, 2.75) is 6.42 Å². The van der Waals surface area contributed by atoms with Crippen molar-refractivity contribution in [3.05, 3.63) is 0 Å². The Hall–Kier alpha value is -0.610. The highest BCUT2D eigenvalue weighted by Gasteiger charge is 2.08. The highest BCUT2D eigenvalue weighted by molar-refractivity contribution is 5.77. The molecule has 1 N–H and O–H groups in total. The molecule has 4 heteroatoms. The van der Waals surface area contributed by atoms with Crippen LogP contribution in [0.3, 0.4) is 0 Å². The van der Waals surface area contributed by atoms with Gasteiger partial charge in [-0.1, -0.05) is 0 Å². The van der Waals surface area contributed by atoms with Crippen LogP contribution in [-0.4, -0.2) is 63.5 Å². The first kappa shape index (κ1) is 12.4. The van der Waals surface area contributed by atoms with E-state index in [0.717, 1.165) is 19.5 Å². The Morgan fingerprint density at radius 2 is 1.92 bits per heavy atom. The number of carbonyl (C=O) groups is 1. The van der Waals surface area contributed by atoms with Crippen molar-refractivity contribution < 1.29 is 4.79 Å². The lowest BCUT2D eigenvalue weighted by molar-refractivity contribution is -0.130. The molecule has 13 heavy (non-hydrogen) atoms. The molecule has 0 radical (unpaired) electrons. The second-order valence-electron chi connectivity index (χ2n) is 3.51. The van der Waals surface area contributed by atoms with Gasteiger partial charge in [-0.15, -0.1) is 0 Å². The first-order chi connectivity index (χ1) is 6.07. The highest BCUT2D eigenvalue weighted by Crippen LogP contribution is 1.89. The fourth-order valence-corrected chi connectivity index (χ4v) is 1.01. The number of carbonyl (C=O) groups excluding carboxylic acids is 1. The standard InChI is InChI=1S/C9H21N3O/c1-10-6-5-7-12(4)9(13)8-11(2)3/h10H,5-8H2,1-4H3. The molecule has 0 aliphatic carbocycles. The van der Waals surface area contributed by atoms with Crippen LogP contribution in [-0.2, 0) is 4.79 Å². The van der Waals surface area contributed by atoms with E-state index in [9.17, 15) is 4.79 Å².